The zero-order chi connectivity index (χ0) is 15.6. The molecule has 6 heteroatoms. The summed E-state index contributed by atoms with van der Waals surface area (Å²) in [4.78, 5) is 23.2. The van der Waals surface area contributed by atoms with Gasteiger partial charge in [-0.1, -0.05) is 17.7 Å². The topological polar surface area (TPSA) is 48.3 Å². The Morgan fingerprint density at radius 1 is 1.38 bits per heavy atom. The fourth-order valence-corrected chi connectivity index (χ4v) is 2.06. The van der Waals surface area contributed by atoms with Crippen molar-refractivity contribution < 1.29 is 18.7 Å². The van der Waals surface area contributed by atoms with E-state index in [2.05, 4.69) is 0 Å². The van der Waals surface area contributed by atoms with Crippen molar-refractivity contribution in [3.63, 3.8) is 0 Å². The summed E-state index contributed by atoms with van der Waals surface area (Å²) in [6.07, 6.45) is 1.54. The standard InChI is InChI=1S/C15H13ClFNO3/c1-9(19)10-6-14(18(2)7-10)15(20)21-8-11-12(16)4-3-5-13(11)17/h3-7H,8H2,1-2H3. The van der Waals surface area contributed by atoms with Crippen LogP contribution in [0.5, 0.6) is 0 Å². The molecule has 0 atom stereocenters. The molecule has 0 saturated heterocycles. The second-order valence-corrected chi connectivity index (χ2v) is 4.96. The van der Waals surface area contributed by atoms with Gasteiger partial charge in [0.25, 0.3) is 0 Å². The van der Waals surface area contributed by atoms with E-state index < -0.39 is 11.8 Å². The molecule has 1 aromatic carbocycles. The van der Waals surface area contributed by atoms with Gasteiger partial charge in [-0.2, -0.15) is 0 Å². The van der Waals surface area contributed by atoms with Crippen LogP contribution in [0.4, 0.5) is 4.39 Å². The van der Waals surface area contributed by atoms with E-state index in [1.165, 1.54) is 42.0 Å². The Kier molecular flexibility index (Phi) is 4.43. The number of rotatable bonds is 4. The second kappa shape index (κ2) is 6.10. The van der Waals surface area contributed by atoms with Crippen LogP contribution in [0, 0.1) is 5.82 Å². The van der Waals surface area contributed by atoms with Crippen LogP contribution in [0.25, 0.3) is 0 Å². The van der Waals surface area contributed by atoms with Gasteiger partial charge in [-0.3, -0.25) is 4.79 Å². The molecule has 2 rings (SSSR count). The lowest BCUT2D eigenvalue weighted by Crippen LogP contribution is -2.10. The van der Waals surface area contributed by atoms with E-state index in [9.17, 15) is 14.0 Å². The van der Waals surface area contributed by atoms with Gasteiger partial charge in [0.05, 0.1) is 5.02 Å². The van der Waals surface area contributed by atoms with E-state index in [-0.39, 0.29) is 28.7 Å². The molecule has 0 amide bonds. The molecule has 4 nitrogen and oxygen atoms in total. The molecule has 21 heavy (non-hydrogen) atoms. The zero-order valence-electron chi connectivity index (χ0n) is 11.5. The van der Waals surface area contributed by atoms with Gasteiger partial charge in [-0.15, -0.1) is 0 Å². The fraction of sp³-hybridized carbons (Fsp3) is 0.200. The second-order valence-electron chi connectivity index (χ2n) is 4.56. The summed E-state index contributed by atoms with van der Waals surface area (Å²) < 4.78 is 20.1. The first-order valence-corrected chi connectivity index (χ1v) is 6.55. The van der Waals surface area contributed by atoms with E-state index >= 15 is 0 Å². The summed E-state index contributed by atoms with van der Waals surface area (Å²) >= 11 is 5.85. The Balaban J connectivity index is 2.14. The number of aryl methyl sites for hydroxylation is 1. The third-order valence-corrected chi connectivity index (χ3v) is 3.38. The molecule has 0 aliphatic heterocycles. The number of carbonyl (C=O) groups excluding carboxylic acids is 2. The minimum absolute atomic E-state index is 0.119. The van der Waals surface area contributed by atoms with Gasteiger partial charge in [0, 0.05) is 24.4 Å². The first kappa shape index (κ1) is 15.3. The van der Waals surface area contributed by atoms with Crippen LogP contribution in [-0.4, -0.2) is 16.3 Å². The monoisotopic (exact) mass is 309 g/mol. The van der Waals surface area contributed by atoms with Crippen LogP contribution in [-0.2, 0) is 18.4 Å². The number of Topliss-reactive ketones (excluding diaryl/α,β-unsaturated/α-hetero) is 1. The van der Waals surface area contributed by atoms with Gasteiger partial charge in [0.15, 0.2) is 5.78 Å². The summed E-state index contributed by atoms with van der Waals surface area (Å²) in [7, 11) is 1.62. The van der Waals surface area contributed by atoms with Gasteiger partial charge >= 0.3 is 5.97 Å². The SMILES string of the molecule is CC(=O)c1cc(C(=O)OCc2c(F)cccc2Cl)n(C)c1. The maximum atomic E-state index is 13.6. The van der Waals surface area contributed by atoms with Crippen molar-refractivity contribution in [1.29, 1.82) is 0 Å². The third-order valence-electron chi connectivity index (χ3n) is 3.03. The van der Waals surface area contributed by atoms with Crippen LogP contribution in [0.1, 0.15) is 33.3 Å². The average Bonchev–Trinajstić information content (AvgIpc) is 2.80. The number of benzene rings is 1. The molecule has 1 heterocycles. The molecule has 0 radical (unpaired) electrons. The largest absolute Gasteiger partial charge is 0.456 e. The van der Waals surface area contributed by atoms with Crippen molar-refractivity contribution in [2.75, 3.05) is 0 Å². The Bertz CT molecular complexity index is 689. The van der Waals surface area contributed by atoms with Crippen molar-refractivity contribution >= 4 is 23.4 Å². The van der Waals surface area contributed by atoms with Crippen molar-refractivity contribution in [3.8, 4) is 0 Å². The van der Waals surface area contributed by atoms with E-state index in [4.69, 9.17) is 16.3 Å². The molecular formula is C15H13ClFNO3. The molecule has 0 aliphatic carbocycles. The number of carbonyl (C=O) groups is 2. The third kappa shape index (κ3) is 3.31. The minimum Gasteiger partial charge on any atom is -0.456 e. The van der Waals surface area contributed by atoms with Gasteiger partial charge in [-0.25, -0.2) is 9.18 Å². The van der Waals surface area contributed by atoms with E-state index in [1.54, 1.807) is 7.05 Å². The lowest BCUT2D eigenvalue weighted by Gasteiger charge is -2.08. The lowest BCUT2D eigenvalue weighted by atomic mass is 10.2. The highest BCUT2D eigenvalue weighted by Crippen LogP contribution is 2.20. The Hall–Kier alpha value is -2.14. The highest BCUT2D eigenvalue weighted by atomic mass is 35.5. The van der Waals surface area contributed by atoms with Gasteiger partial charge in [0.1, 0.15) is 18.1 Å². The normalized spacial score (nSPS) is 10.5. The lowest BCUT2D eigenvalue weighted by molar-refractivity contribution is 0.0458. The number of ketones is 1. The number of hydrogen-bond acceptors (Lipinski definition) is 3. The average molecular weight is 310 g/mol. The predicted molar refractivity (Wildman–Crippen MR) is 75.9 cm³/mol. The number of halogens is 2. The van der Waals surface area contributed by atoms with Gasteiger partial charge in [0.2, 0.25) is 0 Å². The molecule has 0 fully saturated rings. The first-order chi connectivity index (χ1) is 9.90. The Labute approximate surface area is 126 Å². The number of aromatic nitrogens is 1. The van der Waals surface area contributed by atoms with E-state index in [1.807, 2.05) is 0 Å². The summed E-state index contributed by atoms with van der Waals surface area (Å²) in [5.74, 6) is -1.34. The predicted octanol–water partition coefficient (Wildman–Crippen LogP) is 3.38. The molecule has 2 aromatic rings. The molecule has 0 saturated carbocycles. The van der Waals surface area contributed by atoms with Crippen LogP contribution in [0.2, 0.25) is 5.02 Å². The maximum absolute atomic E-state index is 13.6. The fourth-order valence-electron chi connectivity index (χ4n) is 1.84. The molecule has 0 N–H and O–H groups in total. The number of esters is 1. The Morgan fingerprint density at radius 2 is 2.10 bits per heavy atom. The number of hydrogen-bond donors (Lipinski definition) is 0. The van der Waals surface area contributed by atoms with Crippen LogP contribution < -0.4 is 0 Å². The first-order valence-electron chi connectivity index (χ1n) is 6.17. The van der Waals surface area contributed by atoms with E-state index in [0.29, 0.717) is 5.56 Å². The molecular weight excluding hydrogens is 297 g/mol. The minimum atomic E-state index is -0.649. The molecule has 1 aromatic heterocycles. The molecule has 0 spiro atoms. The molecule has 0 unspecified atom stereocenters. The maximum Gasteiger partial charge on any atom is 0.355 e. The van der Waals surface area contributed by atoms with Crippen molar-refractivity contribution in [3.05, 3.63) is 58.1 Å². The summed E-state index contributed by atoms with van der Waals surface area (Å²) in [6, 6.07) is 5.67. The van der Waals surface area contributed by atoms with Crippen LogP contribution in [0.15, 0.2) is 30.5 Å². The highest BCUT2D eigenvalue weighted by Gasteiger charge is 2.16. The van der Waals surface area contributed by atoms with Crippen LogP contribution >= 0.6 is 11.6 Å². The van der Waals surface area contributed by atoms with Gasteiger partial charge in [-0.05, 0) is 25.1 Å². The number of nitrogens with zero attached hydrogens (tertiary/aromatic N) is 1. The van der Waals surface area contributed by atoms with Crippen molar-refractivity contribution in [2.24, 2.45) is 7.05 Å². The quantitative estimate of drug-likeness (QED) is 0.642. The number of ether oxygens (including phenoxy) is 1. The van der Waals surface area contributed by atoms with Crippen molar-refractivity contribution in [2.45, 2.75) is 13.5 Å². The smallest absolute Gasteiger partial charge is 0.355 e. The van der Waals surface area contributed by atoms with Crippen molar-refractivity contribution in [1.82, 2.24) is 4.57 Å². The molecule has 0 bridgehead atoms. The zero-order valence-corrected chi connectivity index (χ0v) is 12.3. The molecule has 0 aliphatic rings. The summed E-state index contributed by atoms with van der Waals surface area (Å²) in [5.41, 5.74) is 0.745. The molecule has 110 valence electrons. The summed E-state index contributed by atoms with van der Waals surface area (Å²) in [5, 5.41) is 0.194. The highest BCUT2D eigenvalue weighted by molar-refractivity contribution is 6.31. The van der Waals surface area contributed by atoms with Crippen LogP contribution in [0.3, 0.4) is 0 Å². The van der Waals surface area contributed by atoms with E-state index in [0.717, 1.165) is 0 Å². The summed E-state index contributed by atoms with van der Waals surface area (Å²) in [6.45, 7) is 1.13. The van der Waals surface area contributed by atoms with Gasteiger partial charge < -0.3 is 9.30 Å². The Morgan fingerprint density at radius 3 is 2.67 bits per heavy atom.